The number of ether oxygens (including phenoxy) is 1. The molecule has 0 amide bonds. The maximum atomic E-state index is 12.8. The first-order chi connectivity index (χ1) is 10.3. The average molecular weight is 380 g/mol. The molecule has 1 fully saturated rings. The quantitative estimate of drug-likeness (QED) is 0.743. The number of rotatable bonds is 3. The summed E-state index contributed by atoms with van der Waals surface area (Å²) in [5, 5.41) is 0. The summed E-state index contributed by atoms with van der Waals surface area (Å²) in [5.41, 5.74) is 1.17. The van der Waals surface area contributed by atoms with Crippen molar-refractivity contribution < 1.29 is 22.7 Å². The van der Waals surface area contributed by atoms with E-state index in [9.17, 15) is 18.0 Å². The Morgan fingerprint density at radius 3 is 2.77 bits per heavy atom. The van der Waals surface area contributed by atoms with Crippen molar-refractivity contribution in [1.29, 1.82) is 0 Å². The zero-order chi connectivity index (χ0) is 16.3. The van der Waals surface area contributed by atoms with Crippen LogP contribution in [0.3, 0.4) is 0 Å². The van der Waals surface area contributed by atoms with Crippen LogP contribution in [0.5, 0.6) is 0 Å². The van der Waals surface area contributed by atoms with Crippen molar-refractivity contribution >= 4 is 21.9 Å². The molecule has 1 aliphatic heterocycles. The fourth-order valence-electron chi connectivity index (χ4n) is 2.70. The predicted molar refractivity (Wildman–Crippen MR) is 79.5 cm³/mol. The monoisotopic (exact) mass is 379 g/mol. The molecule has 1 unspecified atom stereocenters. The number of esters is 1. The summed E-state index contributed by atoms with van der Waals surface area (Å²) in [5.74, 6) is -1.73. The van der Waals surface area contributed by atoms with Crippen LogP contribution in [0.2, 0.25) is 0 Å². The van der Waals surface area contributed by atoms with Crippen molar-refractivity contribution in [2.24, 2.45) is 5.92 Å². The third-order valence-electron chi connectivity index (χ3n) is 3.75. The van der Waals surface area contributed by atoms with E-state index >= 15 is 0 Å². The average Bonchev–Trinajstić information content (AvgIpc) is 2.45. The van der Waals surface area contributed by atoms with E-state index in [4.69, 9.17) is 0 Å². The Morgan fingerprint density at radius 1 is 1.41 bits per heavy atom. The predicted octanol–water partition coefficient (Wildman–Crippen LogP) is 4.01. The van der Waals surface area contributed by atoms with Crippen molar-refractivity contribution in [3.63, 3.8) is 0 Å². The van der Waals surface area contributed by atoms with Gasteiger partial charge in [0.1, 0.15) is 0 Å². The molecule has 1 aromatic rings. The van der Waals surface area contributed by atoms with Crippen LogP contribution >= 0.6 is 15.9 Å². The largest absolute Gasteiger partial charge is 0.465 e. The number of carbonyl (C=O) groups is 1. The molecular formula is C15H17BrF3NO2. The molecule has 0 saturated carbocycles. The maximum Gasteiger partial charge on any atom is 0.393 e. The van der Waals surface area contributed by atoms with E-state index in [1.54, 1.807) is 17.0 Å². The fourth-order valence-corrected chi connectivity index (χ4v) is 3.24. The van der Waals surface area contributed by atoms with Gasteiger partial charge in [-0.15, -0.1) is 0 Å². The lowest BCUT2D eigenvalue weighted by Crippen LogP contribution is -2.41. The maximum absolute atomic E-state index is 12.8. The lowest BCUT2D eigenvalue weighted by Gasteiger charge is -2.33. The summed E-state index contributed by atoms with van der Waals surface area (Å²) in [7, 11) is 1.29. The number of hydrogen-bond acceptors (Lipinski definition) is 3. The minimum Gasteiger partial charge on any atom is -0.465 e. The lowest BCUT2D eigenvalue weighted by molar-refractivity contribution is -0.187. The summed E-state index contributed by atoms with van der Waals surface area (Å²) in [6.07, 6.45) is -3.43. The summed E-state index contributed by atoms with van der Waals surface area (Å²) >= 11 is 3.31. The number of nitrogens with zero attached hydrogens (tertiary/aromatic N) is 1. The van der Waals surface area contributed by atoms with Gasteiger partial charge in [0.15, 0.2) is 0 Å². The van der Waals surface area contributed by atoms with E-state index in [-0.39, 0.29) is 13.0 Å². The van der Waals surface area contributed by atoms with Gasteiger partial charge < -0.3 is 4.74 Å². The summed E-state index contributed by atoms with van der Waals surface area (Å²) < 4.78 is 43.9. The molecule has 1 saturated heterocycles. The number of methoxy groups -OCH3 is 1. The van der Waals surface area contributed by atoms with Crippen LogP contribution in [0.25, 0.3) is 0 Å². The van der Waals surface area contributed by atoms with Gasteiger partial charge in [0.25, 0.3) is 0 Å². The molecule has 0 aromatic heterocycles. The van der Waals surface area contributed by atoms with Crippen LogP contribution in [0.1, 0.15) is 28.8 Å². The number of piperidine rings is 1. The van der Waals surface area contributed by atoms with Gasteiger partial charge in [-0.1, -0.05) is 15.9 Å². The number of hydrogen-bond donors (Lipinski definition) is 0. The van der Waals surface area contributed by atoms with Gasteiger partial charge in [-0.05, 0) is 43.1 Å². The molecule has 1 heterocycles. The summed E-state index contributed by atoms with van der Waals surface area (Å²) in [6, 6.07) is 5.10. The fraction of sp³-hybridized carbons (Fsp3) is 0.533. The van der Waals surface area contributed by atoms with Crippen LogP contribution in [0.15, 0.2) is 22.7 Å². The third kappa shape index (κ3) is 4.46. The minimum atomic E-state index is -4.15. The Morgan fingerprint density at radius 2 is 2.14 bits per heavy atom. The molecule has 2 rings (SSSR count). The van der Waals surface area contributed by atoms with E-state index in [1.807, 2.05) is 6.07 Å². The smallest absolute Gasteiger partial charge is 0.393 e. The van der Waals surface area contributed by atoms with Crippen molar-refractivity contribution in [2.75, 3.05) is 20.2 Å². The highest BCUT2D eigenvalue weighted by Crippen LogP contribution is 2.33. The standard InChI is InChI=1S/C15H17BrF3NO2/c1-22-14(21)11-5-10(6-13(16)7-11)8-20-4-2-3-12(9-20)15(17,18)19/h5-7,12H,2-4,8-9H2,1H3. The minimum absolute atomic E-state index is 0.00354. The second-order valence-electron chi connectivity index (χ2n) is 5.46. The topological polar surface area (TPSA) is 29.5 Å². The van der Waals surface area contributed by atoms with Gasteiger partial charge in [-0.25, -0.2) is 4.79 Å². The zero-order valence-electron chi connectivity index (χ0n) is 12.1. The van der Waals surface area contributed by atoms with E-state index in [2.05, 4.69) is 20.7 Å². The number of benzene rings is 1. The molecule has 0 N–H and O–H groups in total. The summed E-state index contributed by atoms with van der Waals surface area (Å²) in [4.78, 5) is 13.4. The normalized spacial score (nSPS) is 20.0. The number of halogens is 4. The first-order valence-electron chi connectivity index (χ1n) is 6.96. The second kappa shape index (κ2) is 7.00. The summed E-state index contributed by atoms with van der Waals surface area (Å²) in [6.45, 7) is 1.02. The van der Waals surface area contributed by atoms with E-state index in [0.717, 1.165) is 5.56 Å². The van der Waals surface area contributed by atoms with Crippen molar-refractivity contribution in [3.8, 4) is 0 Å². The van der Waals surface area contributed by atoms with Crippen LogP contribution in [-0.4, -0.2) is 37.2 Å². The number of alkyl halides is 3. The Bertz CT molecular complexity index is 548. The van der Waals surface area contributed by atoms with Crippen LogP contribution < -0.4 is 0 Å². The molecule has 1 aliphatic rings. The number of likely N-dealkylation sites (tertiary alicyclic amines) is 1. The van der Waals surface area contributed by atoms with Crippen LogP contribution in [0.4, 0.5) is 13.2 Å². The van der Waals surface area contributed by atoms with Gasteiger partial charge in [-0.2, -0.15) is 13.2 Å². The third-order valence-corrected chi connectivity index (χ3v) is 4.21. The van der Waals surface area contributed by atoms with Gasteiger partial charge in [-0.3, -0.25) is 4.90 Å². The SMILES string of the molecule is COC(=O)c1cc(Br)cc(CN2CCCC(C(F)(F)F)C2)c1. The highest BCUT2D eigenvalue weighted by molar-refractivity contribution is 9.10. The first kappa shape index (κ1) is 17.3. The molecule has 0 radical (unpaired) electrons. The Balaban J connectivity index is 2.10. The molecule has 1 aromatic carbocycles. The van der Waals surface area contributed by atoms with Crippen LogP contribution in [0, 0.1) is 5.92 Å². The van der Waals surface area contributed by atoms with Crippen molar-refractivity contribution in [3.05, 3.63) is 33.8 Å². The van der Waals surface area contributed by atoms with E-state index < -0.39 is 18.1 Å². The molecule has 122 valence electrons. The molecular weight excluding hydrogens is 363 g/mol. The number of carbonyl (C=O) groups excluding carboxylic acids is 1. The molecule has 1 atom stereocenters. The van der Waals surface area contributed by atoms with Gasteiger partial charge in [0.2, 0.25) is 0 Å². The van der Waals surface area contributed by atoms with E-state index in [0.29, 0.717) is 29.5 Å². The molecule has 22 heavy (non-hydrogen) atoms. The van der Waals surface area contributed by atoms with Crippen LogP contribution in [-0.2, 0) is 11.3 Å². The molecule has 0 bridgehead atoms. The van der Waals surface area contributed by atoms with Gasteiger partial charge >= 0.3 is 12.1 Å². The molecule has 0 spiro atoms. The Hall–Kier alpha value is -1.08. The van der Waals surface area contributed by atoms with E-state index in [1.165, 1.54) is 7.11 Å². The molecule has 7 heteroatoms. The highest BCUT2D eigenvalue weighted by atomic mass is 79.9. The Labute approximate surface area is 135 Å². The van der Waals surface area contributed by atoms with Crippen molar-refractivity contribution in [1.82, 2.24) is 4.90 Å². The molecule has 3 nitrogen and oxygen atoms in total. The first-order valence-corrected chi connectivity index (χ1v) is 7.75. The van der Waals surface area contributed by atoms with Crippen molar-refractivity contribution in [2.45, 2.75) is 25.6 Å². The van der Waals surface area contributed by atoms with Gasteiger partial charge in [0, 0.05) is 17.6 Å². The second-order valence-corrected chi connectivity index (χ2v) is 6.37. The zero-order valence-corrected chi connectivity index (χ0v) is 13.7. The van der Waals surface area contributed by atoms with Gasteiger partial charge in [0.05, 0.1) is 18.6 Å². The Kier molecular flexibility index (Phi) is 5.50. The lowest BCUT2D eigenvalue weighted by atomic mass is 9.97. The molecule has 0 aliphatic carbocycles. The highest BCUT2D eigenvalue weighted by Gasteiger charge is 2.41.